The van der Waals surface area contributed by atoms with Crippen LogP contribution in [0.4, 0.5) is 0 Å². The number of carbonyl (C=O) groups is 2. The molecule has 2 aliphatic heterocycles. The zero-order valence-electron chi connectivity index (χ0n) is 22.9. The lowest BCUT2D eigenvalue weighted by Crippen LogP contribution is -2.44. The lowest BCUT2D eigenvalue weighted by atomic mass is 9.83. The van der Waals surface area contributed by atoms with E-state index in [2.05, 4.69) is 23.8 Å². The Morgan fingerprint density at radius 3 is 2.56 bits per heavy atom. The summed E-state index contributed by atoms with van der Waals surface area (Å²) in [6.07, 6.45) is 8.17. The molecule has 0 unspecified atom stereocenters. The first kappa shape index (κ1) is 28.8. The van der Waals surface area contributed by atoms with Crippen LogP contribution in [0.1, 0.15) is 68.7 Å². The number of benzene rings is 1. The molecule has 1 saturated heterocycles. The molecule has 0 aliphatic carbocycles. The maximum atomic E-state index is 13.6. The van der Waals surface area contributed by atoms with Gasteiger partial charge in [0.05, 0.1) is 19.1 Å². The lowest BCUT2D eigenvalue weighted by molar-refractivity contribution is -0.143. The number of hydrogen-bond acceptors (Lipinski definition) is 8. The van der Waals surface area contributed by atoms with Crippen molar-refractivity contribution in [1.82, 2.24) is 19.8 Å². The summed E-state index contributed by atoms with van der Waals surface area (Å²) in [7, 11) is 0. The first-order chi connectivity index (χ1) is 19.0. The van der Waals surface area contributed by atoms with Gasteiger partial charge in [0.2, 0.25) is 12.7 Å². The van der Waals surface area contributed by atoms with Gasteiger partial charge in [-0.2, -0.15) is 0 Å². The van der Waals surface area contributed by atoms with Crippen LogP contribution in [0.5, 0.6) is 11.5 Å². The summed E-state index contributed by atoms with van der Waals surface area (Å²) in [6, 6.07) is 5.10. The Bertz CT molecular complexity index is 1110. The molecule has 3 heterocycles. The summed E-state index contributed by atoms with van der Waals surface area (Å²) in [6.45, 7) is 6.04. The van der Waals surface area contributed by atoms with Crippen molar-refractivity contribution in [2.24, 2.45) is 5.92 Å². The zero-order chi connectivity index (χ0) is 27.8. The van der Waals surface area contributed by atoms with Crippen LogP contribution in [0.25, 0.3) is 0 Å². The number of fused-ring (bicyclic) bond motifs is 1. The van der Waals surface area contributed by atoms with Gasteiger partial charge in [0.25, 0.3) is 0 Å². The number of unbranched alkanes of at least 4 members (excludes halogenated alkanes) is 2. The Hall–Kier alpha value is -3.24. The number of hydrogen-bond donors (Lipinski definition) is 2. The molecule has 1 aromatic heterocycles. The molecule has 2 aromatic rings. The van der Waals surface area contributed by atoms with Gasteiger partial charge < -0.3 is 24.6 Å². The fourth-order valence-electron chi connectivity index (χ4n) is 5.72. The van der Waals surface area contributed by atoms with E-state index in [1.54, 1.807) is 6.20 Å². The van der Waals surface area contributed by atoms with Crippen molar-refractivity contribution in [1.29, 1.82) is 0 Å². The number of rotatable bonds is 14. The Morgan fingerprint density at radius 1 is 1.15 bits per heavy atom. The number of aliphatic carboxylic acids is 1. The largest absolute Gasteiger partial charge is 0.481 e. The van der Waals surface area contributed by atoms with Gasteiger partial charge in [-0.3, -0.25) is 14.5 Å². The van der Waals surface area contributed by atoms with Crippen LogP contribution in [-0.4, -0.2) is 80.9 Å². The van der Waals surface area contributed by atoms with Gasteiger partial charge in [-0.15, -0.1) is 0 Å². The van der Waals surface area contributed by atoms with Crippen LogP contribution in [-0.2, 0) is 22.6 Å². The summed E-state index contributed by atoms with van der Waals surface area (Å²) >= 11 is 0. The number of aromatic nitrogens is 2. The second kappa shape index (κ2) is 13.7. The molecule has 4 rings (SSSR count). The standard InChI is InChI=1S/C29H40N4O6/c1-3-5-11-32(12-6-4-2)26(35)16-33-15-23(20-13-21(17-34)28-25(14-20)38-19-39-28)27(29(36)37)24(33)8-7-22-9-10-30-18-31-22/h9-10,13-14,18,23-24,27,34H,3-8,11-12,15-17,19H2,1-2H3,(H,36,37)/t23-,24+,27-/m1/s1. The van der Waals surface area contributed by atoms with E-state index >= 15 is 0 Å². The van der Waals surface area contributed by atoms with Crippen LogP contribution < -0.4 is 9.47 Å². The molecule has 212 valence electrons. The lowest BCUT2D eigenvalue weighted by Gasteiger charge is -2.29. The molecule has 10 nitrogen and oxygen atoms in total. The van der Waals surface area contributed by atoms with E-state index in [-0.39, 0.29) is 37.8 Å². The molecule has 2 aliphatic rings. The van der Waals surface area contributed by atoms with Crippen molar-refractivity contribution in [3.63, 3.8) is 0 Å². The first-order valence-corrected chi connectivity index (χ1v) is 14.0. The summed E-state index contributed by atoms with van der Waals surface area (Å²) in [5.74, 6) is -0.981. The van der Waals surface area contributed by atoms with E-state index in [4.69, 9.17) is 9.47 Å². The Balaban J connectivity index is 1.63. The topological polar surface area (TPSA) is 125 Å². The number of nitrogens with zero attached hydrogens (tertiary/aromatic N) is 4. The average molecular weight is 541 g/mol. The maximum Gasteiger partial charge on any atom is 0.308 e. The van der Waals surface area contributed by atoms with Gasteiger partial charge in [-0.1, -0.05) is 26.7 Å². The molecule has 0 radical (unpaired) electrons. The van der Waals surface area contributed by atoms with E-state index < -0.39 is 11.9 Å². The Morgan fingerprint density at radius 2 is 1.92 bits per heavy atom. The minimum atomic E-state index is -0.903. The van der Waals surface area contributed by atoms with Gasteiger partial charge >= 0.3 is 5.97 Å². The molecule has 1 fully saturated rings. The predicted molar refractivity (Wildman–Crippen MR) is 144 cm³/mol. The van der Waals surface area contributed by atoms with E-state index in [0.29, 0.717) is 49.5 Å². The predicted octanol–water partition coefficient (Wildman–Crippen LogP) is 3.23. The minimum Gasteiger partial charge on any atom is -0.481 e. The average Bonchev–Trinajstić information content (AvgIpc) is 3.56. The fraction of sp³-hybridized carbons (Fsp3) is 0.586. The molecule has 3 atom stereocenters. The summed E-state index contributed by atoms with van der Waals surface area (Å²) in [5, 5.41) is 20.4. The summed E-state index contributed by atoms with van der Waals surface area (Å²) in [4.78, 5) is 38.6. The smallest absolute Gasteiger partial charge is 0.308 e. The highest BCUT2D eigenvalue weighted by molar-refractivity contribution is 5.79. The summed E-state index contributed by atoms with van der Waals surface area (Å²) in [5.41, 5.74) is 2.18. The number of carboxylic acid groups (broad SMARTS) is 1. The molecule has 10 heteroatoms. The molecule has 0 bridgehead atoms. The monoisotopic (exact) mass is 540 g/mol. The Kier molecular flexibility index (Phi) is 10.1. The molecular formula is C29H40N4O6. The number of aliphatic hydroxyl groups is 1. The van der Waals surface area contributed by atoms with Gasteiger partial charge in [0.15, 0.2) is 11.5 Å². The van der Waals surface area contributed by atoms with E-state index in [0.717, 1.165) is 36.9 Å². The number of carboxylic acids is 1. The van der Waals surface area contributed by atoms with Crippen molar-refractivity contribution in [2.75, 3.05) is 33.0 Å². The highest BCUT2D eigenvalue weighted by atomic mass is 16.7. The molecule has 2 N–H and O–H groups in total. The zero-order valence-corrected chi connectivity index (χ0v) is 22.9. The van der Waals surface area contributed by atoms with Crippen LogP contribution in [0, 0.1) is 5.92 Å². The fourth-order valence-corrected chi connectivity index (χ4v) is 5.72. The van der Waals surface area contributed by atoms with Crippen molar-refractivity contribution in [3.8, 4) is 11.5 Å². The van der Waals surface area contributed by atoms with Crippen LogP contribution >= 0.6 is 0 Å². The van der Waals surface area contributed by atoms with Gasteiger partial charge in [0.1, 0.15) is 6.33 Å². The first-order valence-electron chi connectivity index (χ1n) is 14.0. The quantitative estimate of drug-likeness (QED) is 0.371. The highest BCUT2D eigenvalue weighted by Gasteiger charge is 2.47. The number of carbonyl (C=O) groups excluding carboxylic acids is 1. The molecule has 1 amide bonds. The van der Waals surface area contributed by atoms with Crippen molar-refractivity contribution in [2.45, 2.75) is 70.9 Å². The van der Waals surface area contributed by atoms with Crippen LogP contribution in [0.2, 0.25) is 0 Å². The number of ether oxygens (including phenoxy) is 2. The van der Waals surface area contributed by atoms with Crippen LogP contribution in [0.15, 0.2) is 30.7 Å². The van der Waals surface area contributed by atoms with E-state index in [9.17, 15) is 19.8 Å². The second-order valence-corrected chi connectivity index (χ2v) is 10.4. The number of likely N-dealkylation sites (tertiary alicyclic amines) is 1. The van der Waals surface area contributed by atoms with Crippen molar-refractivity contribution < 1.29 is 29.3 Å². The van der Waals surface area contributed by atoms with Crippen molar-refractivity contribution >= 4 is 11.9 Å². The molecule has 0 spiro atoms. The molecule has 0 saturated carbocycles. The highest BCUT2D eigenvalue weighted by Crippen LogP contribution is 2.44. The third kappa shape index (κ3) is 6.86. The number of aliphatic hydroxyl groups excluding tert-OH is 1. The van der Waals surface area contributed by atoms with Crippen LogP contribution in [0.3, 0.4) is 0 Å². The molecule has 1 aromatic carbocycles. The third-order valence-electron chi connectivity index (χ3n) is 7.80. The summed E-state index contributed by atoms with van der Waals surface area (Å²) < 4.78 is 11.1. The third-order valence-corrected chi connectivity index (χ3v) is 7.80. The van der Waals surface area contributed by atoms with Gasteiger partial charge in [0, 0.05) is 49.0 Å². The maximum absolute atomic E-state index is 13.6. The van der Waals surface area contributed by atoms with Gasteiger partial charge in [-0.25, -0.2) is 9.97 Å². The minimum absolute atomic E-state index is 0.0375. The van der Waals surface area contributed by atoms with Crippen molar-refractivity contribution in [3.05, 3.63) is 47.5 Å². The van der Waals surface area contributed by atoms with E-state index in [1.807, 2.05) is 28.0 Å². The van der Waals surface area contributed by atoms with E-state index in [1.165, 1.54) is 6.33 Å². The Labute approximate surface area is 230 Å². The SMILES string of the molecule is CCCCN(CCCC)C(=O)CN1C[C@H](c2cc(CO)c3c(c2)OCO3)[C@@H](C(=O)O)[C@@H]1CCc1ccncn1. The van der Waals surface area contributed by atoms with Gasteiger partial charge in [-0.05, 0) is 49.4 Å². The number of aryl methyl sites for hydroxylation is 1. The molecular weight excluding hydrogens is 500 g/mol. The molecule has 39 heavy (non-hydrogen) atoms. The number of amides is 1. The second-order valence-electron chi connectivity index (χ2n) is 10.4. The normalized spacial score (nSPS) is 20.3.